The first-order valence-corrected chi connectivity index (χ1v) is 8.29. The number of nitrogens with one attached hydrogen (secondary N) is 1. The van der Waals surface area contributed by atoms with Gasteiger partial charge in [0.05, 0.1) is 6.10 Å². The topological polar surface area (TPSA) is 49.3 Å². The Morgan fingerprint density at radius 3 is 2.61 bits per heavy atom. The predicted molar refractivity (Wildman–Crippen MR) is 91.3 cm³/mol. The molecule has 0 saturated heterocycles. The van der Waals surface area contributed by atoms with E-state index >= 15 is 0 Å². The highest BCUT2D eigenvalue weighted by atomic mass is 35.5. The van der Waals surface area contributed by atoms with E-state index in [4.69, 9.17) is 11.6 Å². The van der Waals surface area contributed by atoms with Crippen molar-refractivity contribution in [1.82, 2.24) is 5.32 Å². The van der Waals surface area contributed by atoms with Gasteiger partial charge in [-0.1, -0.05) is 60.1 Å². The number of halogens is 1. The molecule has 4 heteroatoms. The van der Waals surface area contributed by atoms with Crippen LogP contribution in [0.15, 0.2) is 54.6 Å². The van der Waals surface area contributed by atoms with Crippen molar-refractivity contribution >= 4 is 17.5 Å². The smallest absolute Gasteiger partial charge is 0.223 e. The molecule has 3 rings (SSSR count). The second-order valence-electron chi connectivity index (χ2n) is 5.98. The molecule has 2 N–H and O–H groups in total. The van der Waals surface area contributed by atoms with Crippen LogP contribution in [0.1, 0.15) is 36.0 Å². The molecule has 3 unspecified atom stereocenters. The third-order valence-electron chi connectivity index (χ3n) is 4.33. The average Bonchev–Trinajstić information content (AvgIpc) is 3.36. The first-order chi connectivity index (χ1) is 11.2. The molecular formula is C19H20ClNO2. The highest BCUT2D eigenvalue weighted by molar-refractivity contribution is 6.31. The van der Waals surface area contributed by atoms with E-state index < -0.39 is 6.10 Å². The molecule has 1 aliphatic carbocycles. The van der Waals surface area contributed by atoms with Crippen LogP contribution < -0.4 is 5.32 Å². The third-order valence-corrected chi connectivity index (χ3v) is 4.68. The summed E-state index contributed by atoms with van der Waals surface area (Å²) in [6.45, 7) is 0.473. The standard InChI is InChI=1S/C19H20ClNO2/c20-17-9-5-4-8-14(17)15-12-16(15)19(23)21-11-10-18(22)13-6-2-1-3-7-13/h1-9,15-16,18,22H,10-12H2,(H,21,23). The molecule has 0 aliphatic heterocycles. The van der Waals surface area contributed by atoms with Crippen molar-refractivity contribution in [2.24, 2.45) is 5.92 Å². The molecule has 0 spiro atoms. The third kappa shape index (κ3) is 3.92. The van der Waals surface area contributed by atoms with E-state index in [2.05, 4.69) is 5.32 Å². The van der Waals surface area contributed by atoms with E-state index in [1.165, 1.54) is 0 Å². The molecule has 2 aromatic carbocycles. The minimum absolute atomic E-state index is 0.00349. The highest BCUT2D eigenvalue weighted by Gasteiger charge is 2.44. The lowest BCUT2D eigenvalue weighted by molar-refractivity contribution is -0.122. The second kappa shape index (κ2) is 7.16. The Hall–Kier alpha value is -1.84. The first kappa shape index (κ1) is 16.0. The molecule has 3 nitrogen and oxygen atoms in total. The fraction of sp³-hybridized carbons (Fsp3) is 0.316. The molecule has 1 saturated carbocycles. The summed E-state index contributed by atoms with van der Waals surface area (Å²) in [7, 11) is 0. The summed E-state index contributed by atoms with van der Waals surface area (Å²) in [6, 6.07) is 17.2. The molecule has 0 radical (unpaired) electrons. The van der Waals surface area contributed by atoms with Crippen LogP contribution in [0.4, 0.5) is 0 Å². The predicted octanol–water partition coefficient (Wildman–Crippen LogP) is 3.68. The largest absolute Gasteiger partial charge is 0.388 e. The number of benzene rings is 2. The molecule has 0 bridgehead atoms. The molecule has 2 aromatic rings. The van der Waals surface area contributed by atoms with Crippen molar-refractivity contribution in [3.63, 3.8) is 0 Å². The molecule has 120 valence electrons. The minimum atomic E-state index is -0.546. The molecule has 0 heterocycles. The summed E-state index contributed by atoms with van der Waals surface area (Å²) >= 11 is 6.18. The minimum Gasteiger partial charge on any atom is -0.388 e. The molecular weight excluding hydrogens is 310 g/mol. The first-order valence-electron chi connectivity index (χ1n) is 7.92. The van der Waals surface area contributed by atoms with Gasteiger partial charge in [0.2, 0.25) is 5.91 Å². The summed E-state index contributed by atoms with van der Waals surface area (Å²) in [5.41, 5.74) is 1.93. The van der Waals surface area contributed by atoms with Crippen LogP contribution in [0.3, 0.4) is 0 Å². The van der Waals surface area contributed by atoms with E-state index in [-0.39, 0.29) is 17.7 Å². The van der Waals surface area contributed by atoms with Crippen LogP contribution in [0.25, 0.3) is 0 Å². The van der Waals surface area contributed by atoms with Gasteiger partial charge in [-0.15, -0.1) is 0 Å². The van der Waals surface area contributed by atoms with Gasteiger partial charge in [-0.25, -0.2) is 0 Å². The molecule has 1 amide bonds. The highest BCUT2D eigenvalue weighted by Crippen LogP contribution is 2.49. The Kier molecular flexibility index (Phi) is 4.99. The zero-order valence-electron chi connectivity index (χ0n) is 12.8. The lowest BCUT2D eigenvalue weighted by Gasteiger charge is -2.11. The normalized spacial score (nSPS) is 20.8. The maximum absolute atomic E-state index is 12.2. The molecule has 1 fully saturated rings. The monoisotopic (exact) mass is 329 g/mol. The van der Waals surface area contributed by atoms with Gasteiger partial charge in [0.15, 0.2) is 0 Å². The lowest BCUT2D eigenvalue weighted by atomic mass is 10.1. The van der Waals surface area contributed by atoms with Crippen LogP contribution in [0.2, 0.25) is 5.02 Å². The molecule has 23 heavy (non-hydrogen) atoms. The fourth-order valence-electron chi connectivity index (χ4n) is 2.91. The second-order valence-corrected chi connectivity index (χ2v) is 6.38. The molecule has 3 atom stereocenters. The number of aliphatic hydroxyl groups excluding tert-OH is 1. The van der Waals surface area contributed by atoms with Gasteiger partial charge in [0, 0.05) is 17.5 Å². The van der Waals surface area contributed by atoms with Crippen LogP contribution >= 0.6 is 11.6 Å². The lowest BCUT2D eigenvalue weighted by Crippen LogP contribution is -2.27. The maximum atomic E-state index is 12.2. The van der Waals surface area contributed by atoms with E-state index in [1.807, 2.05) is 54.6 Å². The average molecular weight is 330 g/mol. The SMILES string of the molecule is O=C(NCCC(O)c1ccccc1)C1CC1c1ccccc1Cl. The van der Waals surface area contributed by atoms with Gasteiger partial charge >= 0.3 is 0 Å². The fourth-order valence-corrected chi connectivity index (χ4v) is 3.19. The van der Waals surface area contributed by atoms with Crippen molar-refractivity contribution < 1.29 is 9.90 Å². The molecule has 1 aliphatic rings. The Morgan fingerprint density at radius 1 is 1.17 bits per heavy atom. The Bertz CT molecular complexity index is 674. The Balaban J connectivity index is 1.45. The number of carbonyl (C=O) groups excluding carboxylic acids is 1. The quantitative estimate of drug-likeness (QED) is 0.849. The number of rotatable bonds is 6. The van der Waals surface area contributed by atoms with E-state index in [0.717, 1.165) is 22.6 Å². The van der Waals surface area contributed by atoms with Gasteiger partial charge in [-0.05, 0) is 36.0 Å². The van der Waals surface area contributed by atoms with Crippen molar-refractivity contribution in [1.29, 1.82) is 0 Å². The van der Waals surface area contributed by atoms with Crippen molar-refractivity contribution in [3.05, 3.63) is 70.7 Å². The summed E-state index contributed by atoms with van der Waals surface area (Å²) in [5, 5.41) is 13.7. The summed E-state index contributed by atoms with van der Waals surface area (Å²) in [6.07, 6.45) is 0.811. The van der Waals surface area contributed by atoms with Crippen LogP contribution in [-0.2, 0) is 4.79 Å². The number of hydrogen-bond donors (Lipinski definition) is 2. The van der Waals surface area contributed by atoms with Gasteiger partial charge < -0.3 is 10.4 Å². The van der Waals surface area contributed by atoms with Crippen LogP contribution in [-0.4, -0.2) is 17.6 Å². The van der Waals surface area contributed by atoms with Crippen LogP contribution in [0, 0.1) is 5.92 Å². The molecule has 0 aromatic heterocycles. The van der Waals surface area contributed by atoms with Crippen molar-refractivity contribution in [2.45, 2.75) is 24.9 Å². The number of hydrogen-bond acceptors (Lipinski definition) is 2. The van der Waals surface area contributed by atoms with Crippen molar-refractivity contribution in [3.8, 4) is 0 Å². The van der Waals surface area contributed by atoms with Gasteiger partial charge in [0.1, 0.15) is 0 Å². The van der Waals surface area contributed by atoms with Gasteiger partial charge in [-0.2, -0.15) is 0 Å². The zero-order valence-corrected chi connectivity index (χ0v) is 13.5. The number of aliphatic hydroxyl groups is 1. The Labute approximate surface area is 141 Å². The summed E-state index contributed by atoms with van der Waals surface area (Å²) < 4.78 is 0. The van der Waals surface area contributed by atoms with E-state index in [9.17, 15) is 9.90 Å². The van der Waals surface area contributed by atoms with Gasteiger partial charge in [-0.3, -0.25) is 4.79 Å². The maximum Gasteiger partial charge on any atom is 0.223 e. The van der Waals surface area contributed by atoms with E-state index in [1.54, 1.807) is 0 Å². The van der Waals surface area contributed by atoms with Crippen molar-refractivity contribution in [2.75, 3.05) is 6.54 Å². The summed E-state index contributed by atoms with van der Waals surface area (Å²) in [5.74, 6) is 0.279. The van der Waals surface area contributed by atoms with Crippen LogP contribution in [0.5, 0.6) is 0 Å². The van der Waals surface area contributed by atoms with E-state index in [0.29, 0.717) is 13.0 Å². The zero-order chi connectivity index (χ0) is 16.2. The Morgan fingerprint density at radius 2 is 1.87 bits per heavy atom. The number of amides is 1. The van der Waals surface area contributed by atoms with Gasteiger partial charge in [0.25, 0.3) is 0 Å². The summed E-state index contributed by atoms with van der Waals surface area (Å²) in [4.78, 5) is 12.2. The number of carbonyl (C=O) groups is 1.